The molecule has 9 nitrogen and oxygen atoms in total. The van der Waals surface area contributed by atoms with E-state index in [1.54, 1.807) is 18.3 Å². The molecule has 6 rings (SSSR count). The normalized spacial score (nSPS) is 18.6. The van der Waals surface area contributed by atoms with Gasteiger partial charge in [0, 0.05) is 48.9 Å². The van der Waals surface area contributed by atoms with Gasteiger partial charge in [-0.3, -0.25) is 0 Å². The van der Waals surface area contributed by atoms with Crippen LogP contribution in [0.4, 0.5) is 16.2 Å². The molecule has 1 aromatic carbocycles. The largest absolute Gasteiger partial charge is 0.366 e. The minimum absolute atomic E-state index is 0.127. The minimum Gasteiger partial charge on any atom is -0.366 e. The lowest BCUT2D eigenvalue weighted by molar-refractivity contribution is 0.169. The third-order valence-electron chi connectivity index (χ3n) is 8.11. The smallest absolute Gasteiger partial charge is 0.229 e. The first-order valence-corrected chi connectivity index (χ1v) is 14.6. The molecule has 11 heteroatoms. The second-order valence-corrected chi connectivity index (χ2v) is 11.6. The molecule has 1 atom stereocenters. The first kappa shape index (κ1) is 27.4. The van der Waals surface area contributed by atoms with Crippen LogP contribution in [-0.4, -0.2) is 67.7 Å². The number of pyridine rings is 1. The molecule has 0 aliphatic carbocycles. The van der Waals surface area contributed by atoms with Crippen molar-refractivity contribution in [3.05, 3.63) is 64.8 Å². The number of nitrogens with zero attached hydrogens (tertiary/aromatic N) is 8. The molecule has 2 saturated heterocycles. The number of nitriles is 1. The number of hydrogen-bond acceptors (Lipinski definition) is 8. The van der Waals surface area contributed by atoms with Gasteiger partial charge in [0.05, 0.1) is 16.3 Å². The zero-order valence-corrected chi connectivity index (χ0v) is 24.0. The van der Waals surface area contributed by atoms with E-state index in [4.69, 9.17) is 31.9 Å². The Morgan fingerprint density at radius 3 is 2.61 bits per heavy atom. The second-order valence-electron chi connectivity index (χ2n) is 11.2. The van der Waals surface area contributed by atoms with Crippen molar-refractivity contribution in [2.24, 2.45) is 0 Å². The molecular formula is C30H33ClFN9. The number of anilines is 2. The Balaban J connectivity index is 1.34. The fourth-order valence-corrected chi connectivity index (χ4v) is 6.07. The van der Waals surface area contributed by atoms with Gasteiger partial charge in [-0.1, -0.05) is 11.6 Å². The molecule has 2 aliphatic heterocycles. The fourth-order valence-electron chi connectivity index (χ4n) is 5.81. The summed E-state index contributed by atoms with van der Waals surface area (Å²) >= 11 is 6.48. The molecule has 41 heavy (non-hydrogen) atoms. The lowest BCUT2D eigenvalue weighted by Gasteiger charge is -2.34. The molecule has 1 unspecified atom stereocenters. The highest BCUT2D eigenvalue weighted by molar-refractivity contribution is 6.33. The Morgan fingerprint density at radius 1 is 1.07 bits per heavy atom. The zero-order chi connectivity index (χ0) is 28.5. The van der Waals surface area contributed by atoms with E-state index in [2.05, 4.69) is 40.0 Å². The van der Waals surface area contributed by atoms with Crippen molar-refractivity contribution >= 4 is 29.0 Å². The summed E-state index contributed by atoms with van der Waals surface area (Å²) in [7, 11) is 0. The third kappa shape index (κ3) is 5.83. The molecule has 4 aromatic rings. The molecular weight excluding hydrogens is 541 g/mol. The van der Waals surface area contributed by atoms with Crippen LogP contribution in [0, 0.1) is 17.1 Å². The van der Waals surface area contributed by atoms with Gasteiger partial charge in [0.15, 0.2) is 11.5 Å². The Bertz CT molecular complexity index is 1570. The van der Waals surface area contributed by atoms with Crippen LogP contribution in [0.2, 0.25) is 5.02 Å². The molecule has 2 fully saturated rings. The molecule has 0 saturated carbocycles. The molecule has 0 spiro atoms. The molecule has 212 valence electrons. The Hall–Kier alpha value is -3.81. The van der Waals surface area contributed by atoms with E-state index in [-0.39, 0.29) is 17.8 Å². The van der Waals surface area contributed by atoms with E-state index < -0.39 is 0 Å². The predicted molar refractivity (Wildman–Crippen MR) is 158 cm³/mol. The van der Waals surface area contributed by atoms with Crippen LogP contribution in [0.1, 0.15) is 56.8 Å². The molecule has 1 N–H and O–H groups in total. The topological polar surface area (TPSA) is 98.3 Å². The van der Waals surface area contributed by atoms with Crippen LogP contribution < -0.4 is 10.2 Å². The fraction of sp³-hybridized carbons (Fsp3) is 0.433. The standard InChI is InChI=1S/C30H33ClFN9/c1-19(2)39-12-9-21(10-13-39)29-37-28-15-26(24-7-6-22(32)14-25(24)31)36-30(41(28)38-29)40-11-3-4-23(18-40)35-27-8-5-20(16-33)17-34-27/h5-8,14-15,17,19,21,23H,3-4,9-13,18H2,1-2H3,(H,34,35). The van der Waals surface area contributed by atoms with Crippen molar-refractivity contribution in [2.75, 3.05) is 36.4 Å². The summed E-state index contributed by atoms with van der Waals surface area (Å²) in [6.07, 6.45) is 5.53. The summed E-state index contributed by atoms with van der Waals surface area (Å²) < 4.78 is 15.7. The molecule has 0 radical (unpaired) electrons. The highest BCUT2D eigenvalue weighted by atomic mass is 35.5. The van der Waals surface area contributed by atoms with E-state index in [0.717, 1.165) is 57.0 Å². The number of piperidine rings is 2. The van der Waals surface area contributed by atoms with Crippen LogP contribution in [-0.2, 0) is 0 Å². The van der Waals surface area contributed by atoms with Gasteiger partial charge in [0.25, 0.3) is 0 Å². The maximum atomic E-state index is 13.9. The zero-order valence-electron chi connectivity index (χ0n) is 23.3. The van der Waals surface area contributed by atoms with Crippen molar-refractivity contribution < 1.29 is 4.39 Å². The lowest BCUT2D eigenvalue weighted by atomic mass is 9.95. The van der Waals surface area contributed by atoms with Gasteiger partial charge < -0.3 is 15.1 Å². The molecule has 2 aliphatic rings. The Kier molecular flexibility index (Phi) is 7.73. The third-order valence-corrected chi connectivity index (χ3v) is 8.42. The summed E-state index contributed by atoms with van der Waals surface area (Å²) in [5, 5.41) is 17.9. The van der Waals surface area contributed by atoms with Crippen molar-refractivity contribution in [1.82, 2.24) is 29.5 Å². The second kappa shape index (κ2) is 11.6. The predicted octanol–water partition coefficient (Wildman–Crippen LogP) is 5.52. The summed E-state index contributed by atoms with van der Waals surface area (Å²) in [5.41, 5.74) is 2.52. The summed E-state index contributed by atoms with van der Waals surface area (Å²) in [4.78, 5) is 19.1. The highest BCUT2D eigenvalue weighted by Gasteiger charge is 2.28. The number of halogens is 2. The Morgan fingerprint density at radius 2 is 1.90 bits per heavy atom. The molecule has 3 aromatic heterocycles. The SMILES string of the molecule is CC(C)N1CCC(c2nc3cc(-c4ccc(F)cc4Cl)nc(N4CCCC(Nc5ccc(C#N)cn5)C4)n3n2)CC1. The number of rotatable bonds is 6. The number of aromatic nitrogens is 5. The Labute approximate surface area is 244 Å². The van der Waals surface area contributed by atoms with E-state index in [0.29, 0.717) is 46.0 Å². The first-order chi connectivity index (χ1) is 19.9. The van der Waals surface area contributed by atoms with Gasteiger partial charge in [-0.05, 0) is 83.0 Å². The van der Waals surface area contributed by atoms with Gasteiger partial charge in [-0.15, -0.1) is 5.10 Å². The van der Waals surface area contributed by atoms with Gasteiger partial charge in [0.2, 0.25) is 5.95 Å². The van der Waals surface area contributed by atoms with Gasteiger partial charge in [-0.25, -0.2) is 19.3 Å². The van der Waals surface area contributed by atoms with E-state index in [9.17, 15) is 4.39 Å². The molecule has 5 heterocycles. The summed E-state index contributed by atoms with van der Waals surface area (Å²) in [6, 6.07) is 12.6. The average molecular weight is 574 g/mol. The lowest BCUT2D eigenvalue weighted by Crippen LogP contribution is -2.43. The molecule has 0 amide bonds. The summed E-state index contributed by atoms with van der Waals surface area (Å²) in [5.74, 6) is 2.16. The van der Waals surface area contributed by atoms with Crippen LogP contribution in [0.25, 0.3) is 16.9 Å². The number of likely N-dealkylation sites (tertiary alicyclic amines) is 1. The van der Waals surface area contributed by atoms with Gasteiger partial charge in [-0.2, -0.15) is 9.78 Å². The van der Waals surface area contributed by atoms with Gasteiger partial charge >= 0.3 is 0 Å². The quantitative estimate of drug-likeness (QED) is 0.322. The van der Waals surface area contributed by atoms with Crippen molar-refractivity contribution in [2.45, 2.75) is 57.5 Å². The maximum Gasteiger partial charge on any atom is 0.229 e. The first-order valence-electron chi connectivity index (χ1n) is 14.2. The van der Waals surface area contributed by atoms with Crippen LogP contribution in [0.5, 0.6) is 0 Å². The van der Waals surface area contributed by atoms with Gasteiger partial charge in [0.1, 0.15) is 17.7 Å². The van der Waals surface area contributed by atoms with E-state index in [1.807, 2.05) is 16.6 Å². The van der Waals surface area contributed by atoms with Crippen molar-refractivity contribution in [1.29, 1.82) is 5.26 Å². The van der Waals surface area contributed by atoms with Crippen molar-refractivity contribution in [3.63, 3.8) is 0 Å². The van der Waals surface area contributed by atoms with E-state index in [1.165, 1.54) is 12.1 Å². The number of benzene rings is 1. The number of fused-ring (bicyclic) bond motifs is 1. The number of nitrogens with one attached hydrogen (secondary N) is 1. The average Bonchev–Trinajstić information content (AvgIpc) is 3.42. The van der Waals surface area contributed by atoms with Crippen LogP contribution in [0.3, 0.4) is 0 Å². The maximum absolute atomic E-state index is 13.9. The van der Waals surface area contributed by atoms with Crippen LogP contribution >= 0.6 is 11.6 Å². The minimum atomic E-state index is -0.390. The molecule has 0 bridgehead atoms. The van der Waals surface area contributed by atoms with Crippen molar-refractivity contribution in [3.8, 4) is 17.3 Å². The number of hydrogen-bond donors (Lipinski definition) is 1. The summed E-state index contributed by atoms with van der Waals surface area (Å²) in [6.45, 7) is 8.03. The van der Waals surface area contributed by atoms with E-state index >= 15 is 0 Å². The highest BCUT2D eigenvalue weighted by Crippen LogP contribution is 2.33. The van der Waals surface area contributed by atoms with Crippen LogP contribution in [0.15, 0.2) is 42.6 Å². The monoisotopic (exact) mass is 573 g/mol.